The van der Waals surface area contributed by atoms with Gasteiger partial charge >= 0.3 is 0 Å². The van der Waals surface area contributed by atoms with Crippen LogP contribution in [-0.2, 0) is 0 Å². The number of benzene rings is 1. The Hall–Kier alpha value is -1.33. The van der Waals surface area contributed by atoms with Crippen LogP contribution in [0.3, 0.4) is 0 Å². The van der Waals surface area contributed by atoms with Crippen molar-refractivity contribution in [1.29, 1.82) is 0 Å². The third kappa shape index (κ3) is 3.87. The van der Waals surface area contributed by atoms with Gasteiger partial charge in [-0.25, -0.2) is 4.39 Å². The molecule has 1 heterocycles. The minimum Gasteiger partial charge on any atom is -0.486 e. The highest BCUT2D eigenvalue weighted by Crippen LogP contribution is 2.22. The molecule has 4 nitrogen and oxygen atoms in total. The Morgan fingerprint density at radius 1 is 1.47 bits per heavy atom. The number of nitrogens with one attached hydrogen (secondary N) is 2. The van der Waals surface area contributed by atoms with Crippen LogP contribution in [0.15, 0.2) is 18.2 Å². The van der Waals surface area contributed by atoms with Crippen molar-refractivity contribution in [2.75, 3.05) is 32.6 Å². The second-order valence-corrected chi connectivity index (χ2v) is 3.63. The van der Waals surface area contributed by atoms with Gasteiger partial charge in [-0.2, -0.15) is 0 Å². The summed E-state index contributed by atoms with van der Waals surface area (Å²) in [6, 6.07) is 4.91. The molecule has 2 rings (SSSR count). The third-order valence-corrected chi connectivity index (χ3v) is 2.53. The third-order valence-electron chi connectivity index (χ3n) is 2.53. The van der Waals surface area contributed by atoms with Crippen molar-refractivity contribution >= 4 is 5.69 Å². The molecular formula is C12H19FN2O2. The highest BCUT2D eigenvalue weighted by Gasteiger charge is 2.17. The highest BCUT2D eigenvalue weighted by atomic mass is 19.1. The second-order valence-electron chi connectivity index (χ2n) is 3.63. The van der Waals surface area contributed by atoms with Gasteiger partial charge in [0.25, 0.3) is 0 Å². The summed E-state index contributed by atoms with van der Waals surface area (Å²) in [6.07, 6.45) is 1.03. The van der Waals surface area contributed by atoms with Crippen molar-refractivity contribution in [1.82, 2.24) is 5.32 Å². The number of ether oxygens (including phenoxy) is 1. The number of aliphatic hydroxyl groups is 1. The van der Waals surface area contributed by atoms with Crippen LogP contribution in [0.25, 0.3) is 0 Å². The lowest BCUT2D eigenvalue weighted by molar-refractivity contribution is 0.213. The van der Waals surface area contributed by atoms with E-state index in [1.165, 1.54) is 6.07 Å². The van der Waals surface area contributed by atoms with Gasteiger partial charge in [-0.3, -0.25) is 0 Å². The minimum atomic E-state index is -0.311. The molecule has 0 aliphatic carbocycles. The Morgan fingerprint density at radius 2 is 2.24 bits per heavy atom. The molecule has 1 saturated heterocycles. The Balaban J connectivity index is 0.000000686. The molecule has 0 aromatic heterocycles. The zero-order valence-electron chi connectivity index (χ0n) is 10.2. The smallest absolute Gasteiger partial charge is 0.167 e. The molecule has 0 spiro atoms. The fourth-order valence-electron chi connectivity index (χ4n) is 1.66. The number of hydrogen-bond acceptors (Lipinski definition) is 4. The molecule has 5 heteroatoms. The number of halogens is 1. The topological polar surface area (TPSA) is 53.5 Å². The van der Waals surface area contributed by atoms with Gasteiger partial charge in [0.1, 0.15) is 6.10 Å². The maximum Gasteiger partial charge on any atom is 0.167 e. The summed E-state index contributed by atoms with van der Waals surface area (Å²) in [4.78, 5) is 0. The molecule has 96 valence electrons. The normalized spacial score (nSPS) is 18.2. The molecule has 1 aromatic rings. The van der Waals surface area contributed by atoms with Crippen LogP contribution in [0, 0.1) is 5.82 Å². The minimum absolute atomic E-state index is 0.0972. The lowest BCUT2D eigenvalue weighted by Gasteiger charge is -2.13. The average Bonchev–Trinajstić information content (AvgIpc) is 2.87. The zero-order chi connectivity index (χ0) is 12.7. The molecule has 0 bridgehead atoms. The summed E-state index contributed by atoms with van der Waals surface area (Å²) in [6.45, 7) is 1.74. The first-order valence-corrected chi connectivity index (χ1v) is 5.59. The molecule has 0 radical (unpaired) electrons. The van der Waals surface area contributed by atoms with Gasteiger partial charge in [-0.05, 0) is 25.1 Å². The summed E-state index contributed by atoms with van der Waals surface area (Å²) in [5.74, 6) is 0.0245. The van der Waals surface area contributed by atoms with Crippen LogP contribution < -0.4 is 15.4 Å². The Morgan fingerprint density at radius 3 is 2.76 bits per heavy atom. The monoisotopic (exact) mass is 242 g/mol. The van der Waals surface area contributed by atoms with E-state index >= 15 is 0 Å². The van der Waals surface area contributed by atoms with E-state index in [4.69, 9.17) is 9.84 Å². The first-order chi connectivity index (χ1) is 8.29. The van der Waals surface area contributed by atoms with Gasteiger partial charge in [0.05, 0.1) is 0 Å². The summed E-state index contributed by atoms with van der Waals surface area (Å²) < 4.78 is 19.0. The molecule has 1 atom stereocenters. The lowest BCUT2D eigenvalue weighted by Crippen LogP contribution is -2.20. The van der Waals surface area contributed by atoms with Gasteiger partial charge < -0.3 is 20.5 Å². The van der Waals surface area contributed by atoms with E-state index < -0.39 is 0 Å². The molecule has 3 N–H and O–H groups in total. The fraction of sp³-hybridized carbons (Fsp3) is 0.500. The number of aliphatic hydroxyl groups excluding tert-OH is 1. The van der Waals surface area contributed by atoms with Crippen LogP contribution in [0.4, 0.5) is 10.1 Å². The van der Waals surface area contributed by atoms with Crippen molar-refractivity contribution in [3.8, 4) is 5.75 Å². The van der Waals surface area contributed by atoms with E-state index in [1.54, 1.807) is 19.2 Å². The Kier molecular flexibility index (Phi) is 5.72. The van der Waals surface area contributed by atoms with Crippen molar-refractivity contribution < 1.29 is 14.2 Å². The van der Waals surface area contributed by atoms with Crippen molar-refractivity contribution in [2.24, 2.45) is 0 Å². The van der Waals surface area contributed by atoms with Gasteiger partial charge in [0, 0.05) is 32.5 Å². The molecule has 1 aliphatic heterocycles. The number of hydrogen-bond donors (Lipinski definition) is 3. The van der Waals surface area contributed by atoms with Crippen molar-refractivity contribution in [2.45, 2.75) is 12.5 Å². The standard InChI is InChI=1S/C11H15FN2O.CH4O/c1-13-8-2-3-11(10(12)6-8)15-9-4-5-14-7-9;1-2/h2-3,6,9,13-14H,4-5,7H2,1H3;2H,1H3. The van der Waals surface area contributed by atoms with E-state index in [9.17, 15) is 4.39 Å². The van der Waals surface area contributed by atoms with Crippen LogP contribution in [0.1, 0.15) is 6.42 Å². The van der Waals surface area contributed by atoms with E-state index in [-0.39, 0.29) is 11.9 Å². The van der Waals surface area contributed by atoms with Gasteiger partial charge in [0.2, 0.25) is 0 Å². The molecule has 17 heavy (non-hydrogen) atoms. The number of rotatable bonds is 3. The predicted molar refractivity (Wildman–Crippen MR) is 66.0 cm³/mol. The van der Waals surface area contributed by atoms with Crippen LogP contribution in [-0.4, -0.2) is 38.5 Å². The van der Waals surface area contributed by atoms with Crippen LogP contribution in [0.5, 0.6) is 5.75 Å². The molecule has 1 aliphatic rings. The second kappa shape index (κ2) is 7.09. The Bertz CT molecular complexity index is 341. The lowest BCUT2D eigenvalue weighted by atomic mass is 10.2. The van der Waals surface area contributed by atoms with Crippen LogP contribution >= 0.6 is 0 Å². The summed E-state index contributed by atoms with van der Waals surface area (Å²) in [7, 11) is 2.76. The van der Waals surface area contributed by atoms with Gasteiger partial charge in [-0.1, -0.05) is 0 Å². The quantitative estimate of drug-likeness (QED) is 0.746. The molecule has 0 amide bonds. The molecular weight excluding hydrogens is 223 g/mol. The van der Waals surface area contributed by atoms with Crippen molar-refractivity contribution in [3.05, 3.63) is 24.0 Å². The molecule has 1 aromatic carbocycles. The Labute approximate surface area is 101 Å². The number of anilines is 1. The largest absolute Gasteiger partial charge is 0.486 e. The average molecular weight is 242 g/mol. The highest BCUT2D eigenvalue weighted by molar-refractivity contribution is 5.46. The van der Waals surface area contributed by atoms with Crippen molar-refractivity contribution in [3.63, 3.8) is 0 Å². The molecule has 0 saturated carbocycles. The summed E-state index contributed by atoms with van der Waals surface area (Å²) >= 11 is 0. The maximum atomic E-state index is 13.5. The fourth-order valence-corrected chi connectivity index (χ4v) is 1.66. The van der Waals surface area contributed by atoms with Gasteiger partial charge in [0.15, 0.2) is 11.6 Å². The van der Waals surface area contributed by atoms with E-state index in [2.05, 4.69) is 10.6 Å². The van der Waals surface area contributed by atoms with E-state index in [0.717, 1.165) is 32.3 Å². The first-order valence-electron chi connectivity index (χ1n) is 5.59. The molecule has 1 fully saturated rings. The zero-order valence-corrected chi connectivity index (χ0v) is 10.2. The maximum absolute atomic E-state index is 13.5. The summed E-state index contributed by atoms with van der Waals surface area (Å²) in [5.41, 5.74) is 0.754. The van der Waals surface area contributed by atoms with E-state index in [1.807, 2.05) is 0 Å². The van der Waals surface area contributed by atoms with E-state index in [0.29, 0.717) is 5.75 Å². The van der Waals surface area contributed by atoms with Gasteiger partial charge in [-0.15, -0.1) is 0 Å². The molecule has 1 unspecified atom stereocenters. The summed E-state index contributed by atoms with van der Waals surface area (Å²) in [5, 5.41) is 13.1. The first kappa shape index (κ1) is 13.7. The van der Waals surface area contributed by atoms with Crippen LogP contribution in [0.2, 0.25) is 0 Å². The predicted octanol–water partition coefficient (Wildman–Crippen LogP) is 1.22. The SMILES string of the molecule is CNc1ccc(OC2CCNC2)c(F)c1.CO.